The van der Waals surface area contributed by atoms with Gasteiger partial charge >= 0.3 is 0 Å². The summed E-state index contributed by atoms with van der Waals surface area (Å²) in [5.41, 5.74) is 0.107. The van der Waals surface area contributed by atoms with Gasteiger partial charge in [0.15, 0.2) is 0 Å². The molecule has 1 heterocycles. The van der Waals surface area contributed by atoms with Gasteiger partial charge in [0, 0.05) is 11.6 Å². The van der Waals surface area contributed by atoms with Crippen molar-refractivity contribution in [2.75, 3.05) is 0 Å². The van der Waals surface area contributed by atoms with Gasteiger partial charge in [0.2, 0.25) is 0 Å². The molecular weight excluding hydrogens is 182 g/mol. The summed E-state index contributed by atoms with van der Waals surface area (Å²) < 4.78 is 0. The van der Waals surface area contributed by atoms with Crippen molar-refractivity contribution in [3.63, 3.8) is 0 Å². The normalized spacial score (nSPS) is 16.0. The van der Waals surface area contributed by atoms with Gasteiger partial charge in [0.05, 0.1) is 5.35 Å². The van der Waals surface area contributed by atoms with Crippen LogP contribution >= 0.6 is 0 Å². The molecule has 1 nitrogen and oxygen atoms in total. The van der Waals surface area contributed by atoms with E-state index in [9.17, 15) is 0 Å². The molecule has 1 aromatic heterocycles. The maximum atomic E-state index is 4.35. The van der Waals surface area contributed by atoms with Crippen LogP contribution in [0.25, 0.3) is 12.2 Å². The smallest absolute Gasteiger partial charge is 0.0670 e. The lowest BCUT2D eigenvalue weighted by molar-refractivity contribution is 0.669. The summed E-state index contributed by atoms with van der Waals surface area (Å²) in [6.07, 6.45) is 10.4. The predicted octanol–water partition coefficient (Wildman–Crippen LogP) is 2.26. The second-order valence-corrected chi connectivity index (χ2v) is 3.97. The molecule has 0 unspecified atom stereocenters. The summed E-state index contributed by atoms with van der Waals surface area (Å²) >= 11 is 0. The number of nitrogens with zero attached hydrogens (tertiary/aromatic N) is 1. The van der Waals surface area contributed by atoms with Gasteiger partial charge in [-0.3, -0.25) is 4.98 Å². The first-order valence-electron chi connectivity index (χ1n) is 5.51. The highest BCUT2D eigenvalue weighted by atomic mass is 14.6. The second kappa shape index (κ2) is 4.92. The molecule has 0 N–H and O–H groups in total. The first-order valence-corrected chi connectivity index (χ1v) is 5.51. The molecular formula is C14H19N. The van der Waals surface area contributed by atoms with Crippen molar-refractivity contribution < 1.29 is 0 Å². The minimum absolute atomic E-state index is 0.107. The SMILES string of the molecule is CC.CC1(C)C=CC=c2cccnc2=C1. The number of hydrogen-bond acceptors (Lipinski definition) is 1. The van der Waals surface area contributed by atoms with Crippen molar-refractivity contribution >= 4 is 12.2 Å². The zero-order valence-electron chi connectivity index (χ0n) is 9.99. The second-order valence-electron chi connectivity index (χ2n) is 3.97. The molecule has 1 aliphatic rings. The van der Waals surface area contributed by atoms with Crippen LogP contribution in [0.3, 0.4) is 0 Å². The van der Waals surface area contributed by atoms with Gasteiger partial charge in [-0.1, -0.05) is 52.0 Å². The largest absolute Gasteiger partial charge is 0.257 e. The highest BCUT2D eigenvalue weighted by Gasteiger charge is 2.10. The van der Waals surface area contributed by atoms with Crippen LogP contribution in [-0.2, 0) is 0 Å². The monoisotopic (exact) mass is 201 g/mol. The van der Waals surface area contributed by atoms with Gasteiger partial charge in [-0.15, -0.1) is 0 Å². The van der Waals surface area contributed by atoms with E-state index in [2.05, 4.69) is 49.2 Å². The Hall–Kier alpha value is -1.37. The minimum Gasteiger partial charge on any atom is -0.257 e. The molecule has 0 fully saturated rings. The van der Waals surface area contributed by atoms with Gasteiger partial charge in [-0.05, 0) is 17.4 Å². The highest BCUT2D eigenvalue weighted by Crippen LogP contribution is 2.18. The van der Waals surface area contributed by atoms with Gasteiger partial charge in [0.1, 0.15) is 0 Å². The van der Waals surface area contributed by atoms with E-state index in [-0.39, 0.29) is 5.41 Å². The Morgan fingerprint density at radius 1 is 1.20 bits per heavy atom. The topological polar surface area (TPSA) is 12.9 Å². The average molecular weight is 201 g/mol. The van der Waals surface area contributed by atoms with E-state index in [1.165, 1.54) is 5.22 Å². The Labute approximate surface area is 91.9 Å². The summed E-state index contributed by atoms with van der Waals surface area (Å²) in [5, 5.41) is 2.28. The molecule has 1 aliphatic carbocycles. The van der Waals surface area contributed by atoms with Crippen LogP contribution in [0.2, 0.25) is 0 Å². The van der Waals surface area contributed by atoms with E-state index in [0.717, 1.165) is 5.35 Å². The van der Waals surface area contributed by atoms with Crippen LogP contribution in [0.5, 0.6) is 0 Å². The van der Waals surface area contributed by atoms with E-state index >= 15 is 0 Å². The lowest BCUT2D eigenvalue weighted by Gasteiger charge is -2.12. The standard InChI is InChI=1S/C12H13N.C2H6/c1-12(2)7-3-5-10-6-4-8-13-11(10)9-12;1-2/h3-9H,1-2H3;1-2H3. The number of pyridine rings is 1. The fourth-order valence-electron chi connectivity index (χ4n) is 1.49. The minimum atomic E-state index is 0.107. The third-order valence-electron chi connectivity index (χ3n) is 2.18. The van der Waals surface area contributed by atoms with Crippen molar-refractivity contribution in [2.45, 2.75) is 27.7 Å². The molecule has 0 aromatic carbocycles. The summed E-state index contributed by atoms with van der Waals surface area (Å²) in [6, 6.07) is 4.06. The molecule has 0 saturated heterocycles. The lowest BCUT2D eigenvalue weighted by Crippen LogP contribution is -2.28. The Morgan fingerprint density at radius 2 is 1.93 bits per heavy atom. The van der Waals surface area contributed by atoms with E-state index in [1.807, 2.05) is 26.1 Å². The van der Waals surface area contributed by atoms with Crippen molar-refractivity contribution in [3.8, 4) is 0 Å². The Bertz CT molecular complexity index is 452. The van der Waals surface area contributed by atoms with Crippen LogP contribution in [-0.4, -0.2) is 4.98 Å². The molecule has 0 atom stereocenters. The molecule has 1 aromatic rings. The number of aromatic nitrogens is 1. The van der Waals surface area contributed by atoms with Crippen molar-refractivity contribution in [3.05, 3.63) is 41.0 Å². The first-order chi connectivity index (χ1) is 7.17. The maximum absolute atomic E-state index is 4.35. The molecule has 2 rings (SSSR count). The van der Waals surface area contributed by atoms with Crippen LogP contribution in [0.1, 0.15) is 27.7 Å². The average Bonchev–Trinajstić information content (AvgIpc) is 2.37. The quantitative estimate of drug-likeness (QED) is 0.627. The van der Waals surface area contributed by atoms with Gasteiger partial charge in [-0.2, -0.15) is 0 Å². The molecule has 0 aliphatic heterocycles. The van der Waals surface area contributed by atoms with Crippen LogP contribution < -0.4 is 10.6 Å². The number of fused-ring (bicyclic) bond motifs is 1. The molecule has 15 heavy (non-hydrogen) atoms. The van der Waals surface area contributed by atoms with Crippen molar-refractivity contribution in [1.82, 2.24) is 4.98 Å². The third kappa shape index (κ3) is 3.05. The first kappa shape index (κ1) is 11.7. The lowest BCUT2D eigenvalue weighted by atomic mass is 9.93. The Kier molecular flexibility index (Phi) is 3.84. The number of hydrogen-bond donors (Lipinski definition) is 0. The van der Waals surface area contributed by atoms with E-state index < -0.39 is 0 Å². The molecule has 1 heteroatoms. The van der Waals surface area contributed by atoms with E-state index in [4.69, 9.17) is 0 Å². The van der Waals surface area contributed by atoms with Gasteiger partial charge in [-0.25, -0.2) is 0 Å². The summed E-state index contributed by atoms with van der Waals surface area (Å²) in [4.78, 5) is 4.35. The number of allylic oxidation sites excluding steroid dienone is 2. The molecule has 0 radical (unpaired) electrons. The molecule has 0 saturated carbocycles. The fourth-order valence-corrected chi connectivity index (χ4v) is 1.49. The number of rotatable bonds is 0. The summed E-state index contributed by atoms with van der Waals surface area (Å²) in [5.74, 6) is 0. The highest BCUT2D eigenvalue weighted by molar-refractivity contribution is 5.46. The molecule has 0 bridgehead atoms. The van der Waals surface area contributed by atoms with Gasteiger partial charge in [0.25, 0.3) is 0 Å². The molecule has 0 spiro atoms. The zero-order chi connectivity index (χ0) is 11.3. The van der Waals surface area contributed by atoms with Crippen LogP contribution in [0.4, 0.5) is 0 Å². The fraction of sp³-hybridized carbons (Fsp3) is 0.357. The van der Waals surface area contributed by atoms with Gasteiger partial charge < -0.3 is 0 Å². The Morgan fingerprint density at radius 3 is 2.67 bits per heavy atom. The van der Waals surface area contributed by atoms with Crippen LogP contribution in [0, 0.1) is 5.41 Å². The third-order valence-corrected chi connectivity index (χ3v) is 2.18. The molecule has 80 valence electrons. The Balaban J connectivity index is 0.000000531. The van der Waals surface area contributed by atoms with E-state index in [0.29, 0.717) is 0 Å². The molecule has 0 amide bonds. The predicted molar refractivity (Wildman–Crippen MR) is 66.7 cm³/mol. The van der Waals surface area contributed by atoms with Crippen molar-refractivity contribution in [1.29, 1.82) is 0 Å². The zero-order valence-corrected chi connectivity index (χ0v) is 9.99. The van der Waals surface area contributed by atoms with E-state index in [1.54, 1.807) is 0 Å². The summed E-state index contributed by atoms with van der Waals surface area (Å²) in [7, 11) is 0. The summed E-state index contributed by atoms with van der Waals surface area (Å²) in [6.45, 7) is 8.36. The van der Waals surface area contributed by atoms with Crippen molar-refractivity contribution in [2.24, 2.45) is 5.41 Å². The van der Waals surface area contributed by atoms with Crippen LogP contribution in [0.15, 0.2) is 30.5 Å². The maximum Gasteiger partial charge on any atom is 0.0670 e.